The lowest BCUT2D eigenvalue weighted by atomic mass is 10.1. The molecule has 1 aliphatic rings. The molecular formula is C16H20N4O3S. The van der Waals surface area contributed by atoms with Crippen molar-refractivity contribution in [1.82, 2.24) is 15.5 Å². The van der Waals surface area contributed by atoms with Crippen molar-refractivity contribution in [2.75, 3.05) is 11.9 Å². The van der Waals surface area contributed by atoms with Gasteiger partial charge in [-0.1, -0.05) is 11.3 Å². The Morgan fingerprint density at radius 3 is 3.00 bits per heavy atom. The van der Waals surface area contributed by atoms with Gasteiger partial charge in [0.05, 0.1) is 6.61 Å². The summed E-state index contributed by atoms with van der Waals surface area (Å²) in [6.07, 6.45) is 1.04. The van der Waals surface area contributed by atoms with Crippen LogP contribution in [0.1, 0.15) is 30.0 Å². The first kappa shape index (κ1) is 16.5. The van der Waals surface area contributed by atoms with Crippen LogP contribution in [0.25, 0.3) is 0 Å². The molecule has 1 aromatic heterocycles. The Balaban J connectivity index is 1.67. The van der Waals surface area contributed by atoms with E-state index < -0.39 is 0 Å². The SMILES string of the molecule is CCOc1cc2c(cc1CNC(=O)Nc1nnc(C)s1)OC(C)C2. The van der Waals surface area contributed by atoms with Crippen molar-refractivity contribution in [2.24, 2.45) is 0 Å². The van der Waals surface area contributed by atoms with Gasteiger partial charge in [-0.05, 0) is 32.9 Å². The van der Waals surface area contributed by atoms with Crippen LogP contribution in [0.15, 0.2) is 12.1 Å². The van der Waals surface area contributed by atoms with Gasteiger partial charge in [-0.3, -0.25) is 5.32 Å². The van der Waals surface area contributed by atoms with E-state index >= 15 is 0 Å². The van der Waals surface area contributed by atoms with E-state index in [1.165, 1.54) is 11.3 Å². The number of amides is 2. The molecule has 2 heterocycles. The van der Waals surface area contributed by atoms with Gasteiger partial charge in [0, 0.05) is 24.1 Å². The van der Waals surface area contributed by atoms with E-state index in [9.17, 15) is 4.79 Å². The zero-order valence-electron chi connectivity index (χ0n) is 13.9. The summed E-state index contributed by atoms with van der Waals surface area (Å²) < 4.78 is 11.5. The van der Waals surface area contributed by atoms with Gasteiger partial charge in [0.15, 0.2) is 0 Å². The van der Waals surface area contributed by atoms with E-state index in [-0.39, 0.29) is 12.1 Å². The molecule has 0 saturated carbocycles. The summed E-state index contributed by atoms with van der Waals surface area (Å²) in [6, 6.07) is 3.62. The largest absolute Gasteiger partial charge is 0.494 e. The van der Waals surface area contributed by atoms with Gasteiger partial charge in [0.1, 0.15) is 22.6 Å². The van der Waals surface area contributed by atoms with E-state index in [4.69, 9.17) is 9.47 Å². The molecule has 1 aliphatic heterocycles. The first-order valence-electron chi connectivity index (χ1n) is 7.85. The minimum atomic E-state index is -0.330. The fourth-order valence-electron chi connectivity index (χ4n) is 2.57. The van der Waals surface area contributed by atoms with Gasteiger partial charge in [0.25, 0.3) is 0 Å². The quantitative estimate of drug-likeness (QED) is 0.868. The number of hydrogen-bond acceptors (Lipinski definition) is 6. The molecule has 0 fully saturated rings. The Morgan fingerprint density at radius 1 is 1.46 bits per heavy atom. The van der Waals surface area contributed by atoms with Crippen molar-refractivity contribution < 1.29 is 14.3 Å². The third kappa shape index (κ3) is 3.76. The predicted molar refractivity (Wildman–Crippen MR) is 91.9 cm³/mol. The number of ether oxygens (including phenoxy) is 2. The van der Waals surface area contributed by atoms with Crippen LogP contribution in [0.4, 0.5) is 9.93 Å². The minimum Gasteiger partial charge on any atom is -0.494 e. The Kier molecular flexibility index (Phi) is 4.84. The molecule has 0 bridgehead atoms. The van der Waals surface area contributed by atoms with Crippen LogP contribution >= 0.6 is 11.3 Å². The van der Waals surface area contributed by atoms with Gasteiger partial charge in [-0.15, -0.1) is 10.2 Å². The molecule has 0 saturated heterocycles. The number of aryl methyl sites for hydroxylation is 1. The third-order valence-corrected chi connectivity index (χ3v) is 4.32. The second-order valence-corrected chi connectivity index (χ2v) is 6.75. The molecule has 1 aromatic carbocycles. The van der Waals surface area contributed by atoms with Gasteiger partial charge in [-0.2, -0.15) is 0 Å². The van der Waals surface area contributed by atoms with E-state index in [0.717, 1.165) is 34.1 Å². The molecule has 1 atom stereocenters. The Labute approximate surface area is 144 Å². The van der Waals surface area contributed by atoms with Crippen LogP contribution in [0.5, 0.6) is 11.5 Å². The van der Waals surface area contributed by atoms with Crippen molar-refractivity contribution in [1.29, 1.82) is 0 Å². The summed E-state index contributed by atoms with van der Waals surface area (Å²) in [5.74, 6) is 1.64. The number of aromatic nitrogens is 2. The number of nitrogens with zero attached hydrogens (tertiary/aromatic N) is 2. The number of nitrogens with one attached hydrogen (secondary N) is 2. The second kappa shape index (κ2) is 7.04. The molecule has 1 unspecified atom stereocenters. The summed E-state index contributed by atoms with van der Waals surface area (Å²) in [4.78, 5) is 12.0. The highest BCUT2D eigenvalue weighted by Crippen LogP contribution is 2.35. The normalized spacial score (nSPS) is 15.5. The van der Waals surface area contributed by atoms with Crippen molar-refractivity contribution in [3.8, 4) is 11.5 Å². The number of carbonyl (C=O) groups excluding carboxylic acids is 1. The van der Waals surface area contributed by atoms with Crippen LogP contribution in [-0.4, -0.2) is 28.9 Å². The maximum absolute atomic E-state index is 12.0. The lowest BCUT2D eigenvalue weighted by molar-refractivity contribution is 0.250. The average molecular weight is 348 g/mol. The van der Waals surface area contributed by atoms with Crippen molar-refractivity contribution in [2.45, 2.75) is 39.8 Å². The van der Waals surface area contributed by atoms with Crippen LogP contribution in [-0.2, 0) is 13.0 Å². The summed E-state index contributed by atoms with van der Waals surface area (Å²) >= 11 is 1.33. The van der Waals surface area contributed by atoms with Crippen LogP contribution < -0.4 is 20.1 Å². The predicted octanol–water partition coefficient (Wildman–Crippen LogP) is 2.89. The monoisotopic (exact) mass is 348 g/mol. The number of rotatable bonds is 5. The first-order valence-corrected chi connectivity index (χ1v) is 8.67. The fraction of sp³-hybridized carbons (Fsp3) is 0.438. The van der Waals surface area contributed by atoms with Gasteiger partial charge >= 0.3 is 6.03 Å². The zero-order valence-corrected chi connectivity index (χ0v) is 14.7. The van der Waals surface area contributed by atoms with Crippen LogP contribution in [0.3, 0.4) is 0 Å². The molecular weight excluding hydrogens is 328 g/mol. The standard InChI is InChI=1S/C16H20N4O3S/c1-4-22-13-6-11-5-9(2)23-14(11)7-12(13)8-17-15(21)18-16-20-19-10(3)24-16/h6-7,9H,4-5,8H2,1-3H3,(H2,17,18,20,21). The van der Waals surface area contributed by atoms with Crippen LogP contribution in [0, 0.1) is 6.92 Å². The summed E-state index contributed by atoms with van der Waals surface area (Å²) in [7, 11) is 0. The second-order valence-electron chi connectivity index (χ2n) is 5.57. The Bertz CT molecular complexity index is 747. The van der Waals surface area contributed by atoms with Crippen molar-refractivity contribution in [3.63, 3.8) is 0 Å². The number of anilines is 1. The van der Waals surface area contributed by atoms with Crippen molar-refractivity contribution in [3.05, 3.63) is 28.3 Å². The van der Waals surface area contributed by atoms with Crippen molar-refractivity contribution >= 4 is 22.5 Å². The highest BCUT2D eigenvalue weighted by molar-refractivity contribution is 7.15. The molecule has 2 aromatic rings. The molecule has 3 rings (SSSR count). The Morgan fingerprint density at radius 2 is 2.29 bits per heavy atom. The highest BCUT2D eigenvalue weighted by Gasteiger charge is 2.22. The smallest absolute Gasteiger partial charge is 0.321 e. The average Bonchev–Trinajstić information content (AvgIpc) is 3.09. The maximum atomic E-state index is 12.0. The summed E-state index contributed by atoms with van der Waals surface area (Å²) in [6.45, 7) is 6.72. The molecule has 0 aliphatic carbocycles. The van der Waals surface area contributed by atoms with E-state index in [1.54, 1.807) is 0 Å². The lowest BCUT2D eigenvalue weighted by Crippen LogP contribution is -2.28. The molecule has 2 amide bonds. The Hall–Kier alpha value is -2.35. The summed E-state index contributed by atoms with van der Waals surface area (Å²) in [5.41, 5.74) is 2.02. The zero-order chi connectivity index (χ0) is 17.1. The minimum absolute atomic E-state index is 0.168. The lowest BCUT2D eigenvalue weighted by Gasteiger charge is -2.13. The first-order chi connectivity index (χ1) is 11.5. The number of carbonyl (C=O) groups is 1. The van der Waals surface area contributed by atoms with E-state index in [0.29, 0.717) is 18.3 Å². The maximum Gasteiger partial charge on any atom is 0.321 e. The number of fused-ring (bicyclic) bond motifs is 1. The van der Waals surface area contributed by atoms with Crippen LogP contribution in [0.2, 0.25) is 0 Å². The molecule has 7 nitrogen and oxygen atoms in total. The number of benzene rings is 1. The highest BCUT2D eigenvalue weighted by atomic mass is 32.1. The van der Waals surface area contributed by atoms with E-state index in [2.05, 4.69) is 20.8 Å². The van der Waals surface area contributed by atoms with E-state index in [1.807, 2.05) is 32.9 Å². The molecule has 0 spiro atoms. The number of hydrogen-bond donors (Lipinski definition) is 2. The molecule has 2 N–H and O–H groups in total. The molecule has 128 valence electrons. The van der Waals surface area contributed by atoms with Gasteiger partial charge in [0.2, 0.25) is 5.13 Å². The third-order valence-electron chi connectivity index (χ3n) is 3.56. The van der Waals surface area contributed by atoms with Gasteiger partial charge in [-0.25, -0.2) is 4.79 Å². The van der Waals surface area contributed by atoms with Gasteiger partial charge < -0.3 is 14.8 Å². The summed E-state index contributed by atoms with van der Waals surface area (Å²) in [5, 5.41) is 14.5. The number of urea groups is 1. The molecule has 24 heavy (non-hydrogen) atoms. The fourth-order valence-corrected chi connectivity index (χ4v) is 3.16. The molecule has 0 radical (unpaired) electrons. The molecule has 8 heteroatoms. The topological polar surface area (TPSA) is 85.4 Å².